The molecule has 1 heterocycles. The van der Waals surface area contributed by atoms with Crippen molar-refractivity contribution in [2.24, 2.45) is 16.6 Å². The highest BCUT2D eigenvalue weighted by Gasteiger charge is 1.98. The predicted octanol–water partition coefficient (Wildman–Crippen LogP) is 1.51. The average molecular weight is 226 g/mol. The van der Waals surface area contributed by atoms with Crippen molar-refractivity contribution < 1.29 is 0 Å². The van der Waals surface area contributed by atoms with Crippen molar-refractivity contribution in [1.29, 1.82) is 0 Å². The second-order valence-electron chi connectivity index (χ2n) is 3.82. The van der Waals surface area contributed by atoms with Gasteiger partial charge in [-0.1, -0.05) is 13.8 Å². The van der Waals surface area contributed by atoms with Crippen molar-refractivity contribution in [2.75, 3.05) is 6.54 Å². The number of aliphatic imine (C=N–C) groups is 1. The average Bonchev–Trinajstić information content (AvgIpc) is 2.58. The van der Waals surface area contributed by atoms with E-state index in [1.54, 1.807) is 11.3 Å². The Morgan fingerprint density at radius 3 is 2.93 bits per heavy atom. The molecule has 0 unspecified atom stereocenters. The van der Waals surface area contributed by atoms with E-state index in [9.17, 15) is 0 Å². The minimum atomic E-state index is 0.509. The summed E-state index contributed by atoms with van der Waals surface area (Å²) in [6.07, 6.45) is 1.85. The monoisotopic (exact) mass is 226 g/mol. The summed E-state index contributed by atoms with van der Waals surface area (Å²) < 4.78 is 0. The van der Waals surface area contributed by atoms with E-state index in [0.29, 0.717) is 18.4 Å². The molecule has 0 aliphatic rings. The van der Waals surface area contributed by atoms with Crippen molar-refractivity contribution in [3.8, 4) is 0 Å². The Bertz CT molecular complexity index is 330. The Morgan fingerprint density at radius 1 is 1.67 bits per heavy atom. The Kier molecular flexibility index (Phi) is 4.55. The van der Waals surface area contributed by atoms with Crippen LogP contribution < -0.4 is 11.1 Å². The number of guanidine groups is 1. The first-order chi connectivity index (χ1) is 7.08. The number of aryl methyl sites for hydroxylation is 1. The molecule has 0 aromatic carbocycles. The lowest BCUT2D eigenvalue weighted by molar-refractivity contribution is 0.622. The van der Waals surface area contributed by atoms with E-state index in [1.165, 1.54) is 0 Å². The third-order valence-corrected chi connectivity index (χ3v) is 2.66. The summed E-state index contributed by atoms with van der Waals surface area (Å²) in [5.74, 6) is 1.08. The normalized spacial score (nSPS) is 12.1. The lowest BCUT2D eigenvalue weighted by Gasteiger charge is -2.07. The number of nitrogens with zero attached hydrogens (tertiary/aromatic N) is 2. The van der Waals surface area contributed by atoms with Crippen LogP contribution >= 0.6 is 11.3 Å². The van der Waals surface area contributed by atoms with Gasteiger partial charge in [-0.15, -0.1) is 11.3 Å². The van der Waals surface area contributed by atoms with Crippen molar-refractivity contribution in [1.82, 2.24) is 10.3 Å². The van der Waals surface area contributed by atoms with Crippen LogP contribution in [0.3, 0.4) is 0 Å². The quantitative estimate of drug-likeness (QED) is 0.604. The largest absolute Gasteiger partial charge is 0.370 e. The van der Waals surface area contributed by atoms with Gasteiger partial charge in [0.05, 0.1) is 11.6 Å². The molecule has 0 spiro atoms. The van der Waals surface area contributed by atoms with E-state index >= 15 is 0 Å². The zero-order valence-corrected chi connectivity index (χ0v) is 10.3. The van der Waals surface area contributed by atoms with Crippen molar-refractivity contribution >= 4 is 17.3 Å². The molecule has 5 heteroatoms. The summed E-state index contributed by atoms with van der Waals surface area (Å²) in [6, 6.07) is 0. The molecular formula is C10H18N4S. The topological polar surface area (TPSA) is 63.3 Å². The second kappa shape index (κ2) is 5.70. The van der Waals surface area contributed by atoms with Gasteiger partial charge in [0.1, 0.15) is 0 Å². The van der Waals surface area contributed by atoms with Gasteiger partial charge in [-0.3, -0.25) is 0 Å². The Labute approximate surface area is 94.6 Å². The van der Waals surface area contributed by atoms with E-state index in [1.807, 2.05) is 13.1 Å². The van der Waals surface area contributed by atoms with Gasteiger partial charge in [-0.25, -0.2) is 9.98 Å². The smallest absolute Gasteiger partial charge is 0.188 e. The van der Waals surface area contributed by atoms with Crippen LogP contribution in [-0.2, 0) is 6.54 Å². The molecule has 1 aromatic heterocycles. The van der Waals surface area contributed by atoms with E-state index in [0.717, 1.165) is 16.4 Å². The maximum Gasteiger partial charge on any atom is 0.188 e. The van der Waals surface area contributed by atoms with E-state index in [2.05, 4.69) is 29.1 Å². The SMILES string of the molecule is Cc1ncc(CN=C(N)NCC(C)C)s1. The first kappa shape index (κ1) is 12.0. The van der Waals surface area contributed by atoms with E-state index in [-0.39, 0.29) is 0 Å². The third kappa shape index (κ3) is 4.78. The molecule has 84 valence electrons. The highest BCUT2D eigenvalue weighted by Crippen LogP contribution is 2.11. The molecular weight excluding hydrogens is 208 g/mol. The van der Waals surface area contributed by atoms with Gasteiger partial charge in [0, 0.05) is 17.6 Å². The van der Waals surface area contributed by atoms with Gasteiger partial charge in [0.25, 0.3) is 0 Å². The summed E-state index contributed by atoms with van der Waals surface area (Å²) in [4.78, 5) is 9.53. The summed E-state index contributed by atoms with van der Waals surface area (Å²) in [5.41, 5.74) is 5.70. The van der Waals surface area contributed by atoms with Crippen LogP contribution in [0.4, 0.5) is 0 Å². The highest BCUT2D eigenvalue weighted by atomic mass is 32.1. The maximum atomic E-state index is 5.70. The van der Waals surface area contributed by atoms with Gasteiger partial charge in [0.2, 0.25) is 0 Å². The summed E-state index contributed by atoms with van der Waals surface area (Å²) in [6.45, 7) is 7.72. The Hall–Kier alpha value is -1.10. The summed E-state index contributed by atoms with van der Waals surface area (Å²) >= 11 is 1.65. The number of rotatable bonds is 4. The van der Waals surface area contributed by atoms with E-state index in [4.69, 9.17) is 5.73 Å². The molecule has 0 atom stereocenters. The minimum absolute atomic E-state index is 0.509. The zero-order chi connectivity index (χ0) is 11.3. The Morgan fingerprint density at radius 2 is 2.40 bits per heavy atom. The fraction of sp³-hybridized carbons (Fsp3) is 0.600. The molecule has 0 bridgehead atoms. The number of aromatic nitrogens is 1. The molecule has 0 fully saturated rings. The fourth-order valence-corrected chi connectivity index (χ4v) is 1.73. The molecule has 3 N–H and O–H groups in total. The molecule has 15 heavy (non-hydrogen) atoms. The molecule has 0 saturated heterocycles. The number of nitrogens with two attached hydrogens (primary N) is 1. The van der Waals surface area contributed by atoms with Crippen LogP contribution in [0.2, 0.25) is 0 Å². The van der Waals surface area contributed by atoms with Crippen LogP contribution in [0.1, 0.15) is 23.7 Å². The van der Waals surface area contributed by atoms with Crippen LogP contribution in [0.5, 0.6) is 0 Å². The molecule has 0 saturated carbocycles. The number of hydrogen-bond donors (Lipinski definition) is 2. The zero-order valence-electron chi connectivity index (χ0n) is 9.45. The summed E-state index contributed by atoms with van der Waals surface area (Å²) in [7, 11) is 0. The van der Waals surface area contributed by atoms with Crippen LogP contribution in [-0.4, -0.2) is 17.5 Å². The van der Waals surface area contributed by atoms with E-state index < -0.39 is 0 Å². The second-order valence-corrected chi connectivity index (χ2v) is 5.14. The van der Waals surface area contributed by atoms with Crippen LogP contribution in [0, 0.1) is 12.8 Å². The van der Waals surface area contributed by atoms with Crippen molar-refractivity contribution in [3.05, 3.63) is 16.1 Å². The maximum absolute atomic E-state index is 5.70. The third-order valence-electron chi connectivity index (χ3n) is 1.77. The molecule has 0 amide bonds. The first-order valence-corrected chi connectivity index (χ1v) is 5.84. The van der Waals surface area contributed by atoms with Gasteiger partial charge in [0.15, 0.2) is 5.96 Å². The van der Waals surface area contributed by atoms with Gasteiger partial charge >= 0.3 is 0 Å². The van der Waals surface area contributed by atoms with Crippen LogP contribution in [0.25, 0.3) is 0 Å². The lowest BCUT2D eigenvalue weighted by Crippen LogP contribution is -2.34. The molecule has 0 radical (unpaired) electrons. The lowest BCUT2D eigenvalue weighted by atomic mass is 10.2. The number of nitrogens with one attached hydrogen (secondary N) is 1. The van der Waals surface area contributed by atoms with Gasteiger partial charge in [-0.2, -0.15) is 0 Å². The Balaban J connectivity index is 2.36. The molecule has 1 rings (SSSR count). The first-order valence-electron chi connectivity index (χ1n) is 5.03. The number of hydrogen-bond acceptors (Lipinski definition) is 3. The molecule has 1 aromatic rings. The van der Waals surface area contributed by atoms with Gasteiger partial charge in [-0.05, 0) is 12.8 Å². The summed E-state index contributed by atoms with van der Waals surface area (Å²) in [5, 5.41) is 4.13. The minimum Gasteiger partial charge on any atom is -0.370 e. The van der Waals surface area contributed by atoms with Gasteiger partial charge < -0.3 is 11.1 Å². The van der Waals surface area contributed by atoms with Crippen LogP contribution in [0.15, 0.2) is 11.2 Å². The van der Waals surface area contributed by atoms with Crippen molar-refractivity contribution in [2.45, 2.75) is 27.3 Å². The highest BCUT2D eigenvalue weighted by molar-refractivity contribution is 7.11. The molecule has 4 nitrogen and oxygen atoms in total. The molecule has 0 aliphatic carbocycles. The standard InChI is InChI=1S/C10H18N4S/c1-7(2)4-13-10(11)14-6-9-5-12-8(3)15-9/h5,7H,4,6H2,1-3H3,(H3,11,13,14). The fourth-order valence-electron chi connectivity index (χ4n) is 1.01. The van der Waals surface area contributed by atoms with Crippen molar-refractivity contribution in [3.63, 3.8) is 0 Å². The molecule has 0 aliphatic heterocycles. The number of thiazole rings is 1. The predicted molar refractivity (Wildman–Crippen MR) is 65.0 cm³/mol.